The second-order valence-corrected chi connectivity index (χ2v) is 9.69. The molecule has 1 aliphatic heterocycles. The molecule has 0 unspecified atom stereocenters. The molecule has 2 aromatic rings. The van der Waals surface area contributed by atoms with Gasteiger partial charge in [-0.1, -0.05) is 30.3 Å². The molecule has 2 aliphatic rings. The third-order valence-corrected chi connectivity index (χ3v) is 6.57. The van der Waals surface area contributed by atoms with Crippen LogP contribution in [0.4, 0.5) is 4.79 Å². The van der Waals surface area contributed by atoms with E-state index < -0.39 is 0 Å². The lowest BCUT2D eigenvalue weighted by molar-refractivity contribution is 0.197. The summed E-state index contributed by atoms with van der Waals surface area (Å²) in [5.74, 6) is 0.890. The van der Waals surface area contributed by atoms with Crippen molar-refractivity contribution in [2.24, 2.45) is 5.92 Å². The highest BCUT2D eigenvalue weighted by molar-refractivity contribution is 5.74. The van der Waals surface area contributed by atoms with Crippen LogP contribution in [0.25, 0.3) is 0 Å². The van der Waals surface area contributed by atoms with Gasteiger partial charge in [0.1, 0.15) is 5.75 Å². The van der Waals surface area contributed by atoms with Crippen LogP contribution in [0.15, 0.2) is 42.5 Å². The molecule has 3 N–H and O–H groups in total. The van der Waals surface area contributed by atoms with Crippen molar-refractivity contribution in [3.63, 3.8) is 0 Å². The number of aromatic hydroxyl groups is 1. The minimum absolute atomic E-state index is 0.0968. The average Bonchev–Trinajstić information content (AvgIpc) is 3.07. The van der Waals surface area contributed by atoms with E-state index in [-0.39, 0.29) is 17.6 Å². The van der Waals surface area contributed by atoms with E-state index in [4.69, 9.17) is 0 Å². The molecule has 0 saturated carbocycles. The molecular formula is C25H33N3O2. The van der Waals surface area contributed by atoms with Crippen LogP contribution in [-0.4, -0.2) is 41.2 Å². The minimum atomic E-state index is -0.251. The van der Waals surface area contributed by atoms with E-state index in [2.05, 4.69) is 60.7 Å². The van der Waals surface area contributed by atoms with Crippen LogP contribution in [0.1, 0.15) is 42.5 Å². The van der Waals surface area contributed by atoms with E-state index in [1.807, 2.05) is 12.1 Å². The molecule has 5 heteroatoms. The lowest BCUT2D eigenvalue weighted by Gasteiger charge is -2.35. The summed E-state index contributed by atoms with van der Waals surface area (Å²) in [4.78, 5) is 14.9. The molecular weight excluding hydrogens is 374 g/mol. The van der Waals surface area contributed by atoms with Gasteiger partial charge in [0.15, 0.2) is 0 Å². The molecule has 4 rings (SSSR count). The summed E-state index contributed by atoms with van der Waals surface area (Å²) in [7, 11) is 2.07. The van der Waals surface area contributed by atoms with Crippen molar-refractivity contribution < 1.29 is 9.90 Å². The van der Waals surface area contributed by atoms with Gasteiger partial charge in [0.25, 0.3) is 0 Å². The molecule has 0 bridgehead atoms. The van der Waals surface area contributed by atoms with Crippen molar-refractivity contribution in [1.29, 1.82) is 0 Å². The number of urea groups is 1. The molecule has 1 heterocycles. The Kier molecular flexibility index (Phi) is 5.74. The van der Waals surface area contributed by atoms with E-state index in [1.165, 1.54) is 16.7 Å². The third-order valence-electron chi connectivity index (χ3n) is 6.57. The smallest absolute Gasteiger partial charge is 0.315 e. The van der Waals surface area contributed by atoms with Crippen LogP contribution in [0.5, 0.6) is 5.75 Å². The zero-order valence-corrected chi connectivity index (χ0v) is 18.2. The lowest BCUT2D eigenvalue weighted by Crippen LogP contribution is -2.52. The van der Waals surface area contributed by atoms with E-state index in [0.717, 1.165) is 37.8 Å². The fourth-order valence-electron chi connectivity index (χ4n) is 5.12. The number of nitrogens with zero attached hydrogens (tertiary/aromatic N) is 1. The maximum Gasteiger partial charge on any atom is 0.315 e. The van der Waals surface area contributed by atoms with Gasteiger partial charge < -0.3 is 15.7 Å². The van der Waals surface area contributed by atoms with Gasteiger partial charge in [-0.25, -0.2) is 4.79 Å². The van der Waals surface area contributed by atoms with Gasteiger partial charge in [-0.05, 0) is 86.9 Å². The summed E-state index contributed by atoms with van der Waals surface area (Å²) in [5, 5.41) is 16.0. The maximum absolute atomic E-state index is 12.6. The Morgan fingerprint density at radius 2 is 1.73 bits per heavy atom. The second-order valence-electron chi connectivity index (χ2n) is 9.69. The monoisotopic (exact) mass is 407 g/mol. The quantitative estimate of drug-likeness (QED) is 0.709. The van der Waals surface area contributed by atoms with Crippen molar-refractivity contribution in [2.75, 3.05) is 13.6 Å². The second kappa shape index (κ2) is 8.31. The Labute approximate surface area is 179 Å². The molecule has 5 nitrogen and oxygen atoms in total. The Morgan fingerprint density at radius 1 is 1.07 bits per heavy atom. The van der Waals surface area contributed by atoms with Gasteiger partial charge >= 0.3 is 6.03 Å². The number of carbonyl (C=O) groups is 1. The van der Waals surface area contributed by atoms with Crippen LogP contribution in [0, 0.1) is 5.92 Å². The number of rotatable bonds is 5. The number of likely N-dealkylation sites (N-methyl/N-ethyl adjacent to an activating group) is 1. The Hall–Kier alpha value is -2.53. The summed E-state index contributed by atoms with van der Waals surface area (Å²) >= 11 is 0. The molecule has 0 radical (unpaired) electrons. The van der Waals surface area contributed by atoms with Gasteiger partial charge in [-0.2, -0.15) is 0 Å². The van der Waals surface area contributed by atoms with Crippen molar-refractivity contribution in [1.82, 2.24) is 15.5 Å². The summed E-state index contributed by atoms with van der Waals surface area (Å²) < 4.78 is 0. The summed E-state index contributed by atoms with van der Waals surface area (Å²) in [6.45, 7) is 5.62. The number of amides is 2. The van der Waals surface area contributed by atoms with Crippen molar-refractivity contribution in [3.8, 4) is 5.75 Å². The number of carbonyl (C=O) groups excluding carboxylic acids is 1. The van der Waals surface area contributed by atoms with Crippen LogP contribution < -0.4 is 10.6 Å². The van der Waals surface area contributed by atoms with Crippen LogP contribution >= 0.6 is 0 Å². The van der Waals surface area contributed by atoms with Crippen LogP contribution in [-0.2, 0) is 25.8 Å². The topological polar surface area (TPSA) is 64.6 Å². The average molecular weight is 408 g/mol. The number of hydrogen-bond acceptors (Lipinski definition) is 3. The van der Waals surface area contributed by atoms with Crippen molar-refractivity contribution in [3.05, 3.63) is 64.7 Å². The molecule has 2 amide bonds. The SMILES string of the molecule is CN1Cc2cc(O)ccc2C[C@H]1CNC(=O)NC(C)(C)CC1Cc2ccccc2C1. The Bertz CT molecular complexity index is 899. The van der Waals surface area contributed by atoms with Gasteiger partial charge in [-0.3, -0.25) is 4.90 Å². The molecule has 30 heavy (non-hydrogen) atoms. The number of fused-ring (bicyclic) bond motifs is 2. The first-order valence-corrected chi connectivity index (χ1v) is 10.9. The molecule has 160 valence electrons. The molecule has 1 aliphatic carbocycles. The standard InChI is InChI=1S/C25H33N3O2/c1-25(2,14-17-10-18-6-4-5-7-19(18)11-17)27-24(30)26-15-22-12-20-8-9-23(29)13-21(20)16-28(22)3/h4-9,13,17,22,29H,10-12,14-16H2,1-3H3,(H2,26,27,30)/t22-/m0/s1. The molecule has 0 aromatic heterocycles. The Morgan fingerprint density at radius 3 is 2.43 bits per heavy atom. The molecule has 2 aromatic carbocycles. The van der Waals surface area contributed by atoms with E-state index in [0.29, 0.717) is 18.2 Å². The van der Waals surface area contributed by atoms with Crippen LogP contribution in [0.3, 0.4) is 0 Å². The zero-order valence-electron chi connectivity index (χ0n) is 18.2. The first-order chi connectivity index (χ1) is 14.3. The Balaban J connectivity index is 1.27. The fraction of sp³-hybridized carbons (Fsp3) is 0.480. The zero-order chi connectivity index (χ0) is 21.3. The maximum atomic E-state index is 12.6. The molecule has 0 fully saturated rings. The third kappa shape index (κ3) is 4.78. The first kappa shape index (κ1) is 20.7. The number of nitrogens with one attached hydrogen (secondary N) is 2. The number of hydrogen-bond donors (Lipinski definition) is 3. The van der Waals surface area contributed by atoms with Crippen molar-refractivity contribution >= 4 is 6.03 Å². The minimum Gasteiger partial charge on any atom is -0.508 e. The van der Waals surface area contributed by atoms with Gasteiger partial charge in [0.2, 0.25) is 0 Å². The first-order valence-electron chi connectivity index (χ1n) is 10.9. The predicted molar refractivity (Wildman–Crippen MR) is 120 cm³/mol. The summed E-state index contributed by atoms with van der Waals surface area (Å²) in [6, 6.07) is 14.4. The van der Waals surface area contributed by atoms with E-state index in [9.17, 15) is 9.90 Å². The van der Waals surface area contributed by atoms with Gasteiger partial charge in [0.05, 0.1) is 0 Å². The summed E-state index contributed by atoms with van der Waals surface area (Å²) in [5.41, 5.74) is 5.07. The van der Waals surface area contributed by atoms with Gasteiger partial charge in [0, 0.05) is 24.7 Å². The van der Waals surface area contributed by atoms with Crippen LogP contribution in [0.2, 0.25) is 0 Å². The number of phenols is 1. The molecule has 1 atom stereocenters. The number of phenolic OH excluding ortho intramolecular Hbond substituents is 1. The normalized spacial score (nSPS) is 19.2. The highest BCUT2D eigenvalue weighted by Crippen LogP contribution is 2.32. The largest absolute Gasteiger partial charge is 0.508 e. The highest BCUT2D eigenvalue weighted by Gasteiger charge is 2.30. The highest BCUT2D eigenvalue weighted by atomic mass is 16.3. The molecule has 0 saturated heterocycles. The van der Waals surface area contributed by atoms with Crippen molar-refractivity contribution in [2.45, 2.75) is 57.7 Å². The number of benzene rings is 2. The van der Waals surface area contributed by atoms with Gasteiger partial charge in [-0.15, -0.1) is 0 Å². The predicted octanol–water partition coefficient (Wildman–Crippen LogP) is 3.63. The fourth-order valence-corrected chi connectivity index (χ4v) is 5.12. The van der Waals surface area contributed by atoms with E-state index >= 15 is 0 Å². The molecule has 0 spiro atoms. The van der Waals surface area contributed by atoms with E-state index in [1.54, 1.807) is 6.07 Å². The summed E-state index contributed by atoms with van der Waals surface area (Å²) in [6.07, 6.45) is 4.04. The lowest BCUT2D eigenvalue weighted by atomic mass is 9.89.